The number of ether oxygens (including phenoxy) is 1. The van der Waals surface area contributed by atoms with Crippen LogP contribution in [0.4, 0.5) is 0 Å². The van der Waals surface area contributed by atoms with Crippen LogP contribution in [0.1, 0.15) is 0 Å². The average Bonchev–Trinajstić information content (AvgIpc) is 2.53. The van der Waals surface area contributed by atoms with Gasteiger partial charge in [-0.05, 0) is 0 Å². The molecule has 2 aliphatic rings. The van der Waals surface area contributed by atoms with E-state index in [9.17, 15) is 9.59 Å². The van der Waals surface area contributed by atoms with Crippen molar-refractivity contribution in [2.75, 3.05) is 5.75 Å². The highest BCUT2D eigenvalue weighted by molar-refractivity contribution is 8.02. The third-order valence-electron chi connectivity index (χ3n) is 2.84. The summed E-state index contributed by atoms with van der Waals surface area (Å²) in [6, 6.07) is 0. The van der Waals surface area contributed by atoms with E-state index in [1.54, 1.807) is 11.8 Å². The quantitative estimate of drug-likeness (QED) is 0.387. The maximum absolute atomic E-state index is 11.5. The van der Waals surface area contributed by atoms with Gasteiger partial charge < -0.3 is 4.74 Å². The first-order valence-corrected chi connectivity index (χ1v) is 9.41. The van der Waals surface area contributed by atoms with Gasteiger partial charge in [-0.25, -0.2) is 0 Å². The van der Waals surface area contributed by atoms with E-state index in [-0.39, 0.29) is 23.8 Å². The van der Waals surface area contributed by atoms with Crippen LogP contribution in [0.15, 0.2) is 0 Å². The third-order valence-corrected chi connectivity index (χ3v) is 8.74. The molecule has 0 radical (unpaired) electrons. The van der Waals surface area contributed by atoms with Crippen molar-refractivity contribution < 1.29 is 14.3 Å². The summed E-state index contributed by atoms with van der Waals surface area (Å²) in [5.74, 6) is -0.0986. The Bertz CT molecular complexity index is 297. The summed E-state index contributed by atoms with van der Waals surface area (Å²) in [5, 5.41) is 0. The number of carbonyl (C=O) groups is 2. The standard InChI is InChI=1S/C9H14O3SSi/c1-14(2,3)9-6-5(4-13-9)7(10)12-8(6)11/h5-6,9H,4H2,1-3H3/t5-,6+,9-/m0/s1. The number of hydrogen-bond donors (Lipinski definition) is 0. The van der Waals surface area contributed by atoms with E-state index in [4.69, 9.17) is 0 Å². The average molecular weight is 230 g/mol. The van der Waals surface area contributed by atoms with E-state index >= 15 is 0 Å². The SMILES string of the molecule is C[Si](C)(C)[C@@H]1SC[C@@H]2C(=O)OC(=O)[C@@H]21. The van der Waals surface area contributed by atoms with Crippen molar-refractivity contribution in [1.82, 2.24) is 0 Å². The number of fused-ring (bicyclic) bond motifs is 1. The molecule has 2 heterocycles. The predicted molar refractivity (Wildman–Crippen MR) is 57.7 cm³/mol. The fourth-order valence-corrected chi connectivity index (χ4v) is 7.16. The Kier molecular flexibility index (Phi) is 2.26. The first kappa shape index (κ1) is 10.2. The molecule has 0 aromatic carbocycles. The summed E-state index contributed by atoms with van der Waals surface area (Å²) >= 11 is 1.79. The number of cyclic esters (lactones) is 2. The molecule has 14 heavy (non-hydrogen) atoms. The molecule has 0 aromatic rings. The molecule has 2 aliphatic heterocycles. The zero-order chi connectivity index (χ0) is 10.5. The van der Waals surface area contributed by atoms with Crippen molar-refractivity contribution in [3.05, 3.63) is 0 Å². The normalized spacial score (nSPS) is 37.2. The van der Waals surface area contributed by atoms with Gasteiger partial charge in [-0.15, -0.1) is 0 Å². The lowest BCUT2D eigenvalue weighted by atomic mass is 9.99. The van der Waals surface area contributed by atoms with Crippen LogP contribution >= 0.6 is 11.8 Å². The van der Waals surface area contributed by atoms with E-state index in [2.05, 4.69) is 24.4 Å². The first-order valence-electron chi connectivity index (χ1n) is 4.78. The zero-order valence-corrected chi connectivity index (χ0v) is 10.4. The lowest BCUT2D eigenvalue weighted by molar-refractivity contribution is -0.153. The molecule has 78 valence electrons. The highest BCUT2D eigenvalue weighted by atomic mass is 32.2. The van der Waals surface area contributed by atoms with Crippen molar-refractivity contribution in [2.45, 2.75) is 24.5 Å². The smallest absolute Gasteiger partial charge is 0.318 e. The molecule has 0 amide bonds. The Morgan fingerprint density at radius 2 is 1.93 bits per heavy atom. The monoisotopic (exact) mass is 230 g/mol. The van der Waals surface area contributed by atoms with Crippen molar-refractivity contribution in [1.29, 1.82) is 0 Å². The Balaban J connectivity index is 2.26. The van der Waals surface area contributed by atoms with E-state index in [0.29, 0.717) is 4.87 Å². The highest BCUT2D eigenvalue weighted by Crippen LogP contribution is 2.45. The summed E-state index contributed by atoms with van der Waals surface area (Å²) in [7, 11) is -1.37. The molecule has 0 unspecified atom stereocenters. The van der Waals surface area contributed by atoms with Crippen LogP contribution < -0.4 is 0 Å². The second-order valence-corrected chi connectivity index (χ2v) is 11.9. The minimum Gasteiger partial charge on any atom is -0.393 e. The maximum atomic E-state index is 11.5. The van der Waals surface area contributed by atoms with Crippen LogP contribution in [0, 0.1) is 11.8 Å². The molecule has 2 rings (SSSR count). The van der Waals surface area contributed by atoms with Crippen molar-refractivity contribution in [3.63, 3.8) is 0 Å². The number of hydrogen-bond acceptors (Lipinski definition) is 4. The molecule has 0 N–H and O–H groups in total. The summed E-state index contributed by atoms with van der Waals surface area (Å²) in [5.41, 5.74) is 0. The number of carbonyl (C=O) groups excluding carboxylic acids is 2. The molecule has 0 spiro atoms. The van der Waals surface area contributed by atoms with Crippen LogP contribution in [0.5, 0.6) is 0 Å². The number of thioether (sulfide) groups is 1. The van der Waals surface area contributed by atoms with E-state index in [1.165, 1.54) is 0 Å². The van der Waals surface area contributed by atoms with Gasteiger partial charge in [0.1, 0.15) is 0 Å². The zero-order valence-electron chi connectivity index (χ0n) is 8.57. The molecular formula is C9H14O3SSi. The molecule has 0 saturated carbocycles. The predicted octanol–water partition coefficient (Wildman–Crippen LogP) is 1.29. The lowest BCUT2D eigenvalue weighted by Crippen LogP contribution is -2.41. The van der Waals surface area contributed by atoms with E-state index in [0.717, 1.165) is 5.75 Å². The van der Waals surface area contributed by atoms with E-state index < -0.39 is 8.07 Å². The summed E-state index contributed by atoms with van der Waals surface area (Å²) in [6.45, 7) is 6.72. The van der Waals surface area contributed by atoms with Crippen molar-refractivity contribution in [2.24, 2.45) is 11.8 Å². The van der Waals surface area contributed by atoms with Crippen molar-refractivity contribution in [3.8, 4) is 0 Å². The molecule has 2 saturated heterocycles. The molecule has 0 bridgehead atoms. The van der Waals surface area contributed by atoms with Gasteiger partial charge >= 0.3 is 11.9 Å². The van der Waals surface area contributed by atoms with Gasteiger partial charge in [-0.2, -0.15) is 11.8 Å². The highest BCUT2D eigenvalue weighted by Gasteiger charge is 2.56. The fraction of sp³-hybridized carbons (Fsp3) is 0.778. The molecule has 5 heteroatoms. The van der Waals surface area contributed by atoms with Crippen LogP contribution in [-0.4, -0.2) is 30.6 Å². The molecule has 2 fully saturated rings. The second-order valence-electron chi connectivity index (χ2n) is 4.99. The summed E-state index contributed by atoms with van der Waals surface area (Å²) < 4.78 is 4.68. The van der Waals surface area contributed by atoms with Crippen LogP contribution in [0.25, 0.3) is 0 Å². The lowest BCUT2D eigenvalue weighted by Gasteiger charge is -2.26. The van der Waals surface area contributed by atoms with Crippen molar-refractivity contribution >= 4 is 31.8 Å². The van der Waals surface area contributed by atoms with Gasteiger partial charge in [0.15, 0.2) is 0 Å². The molecule has 3 atom stereocenters. The van der Waals surface area contributed by atoms with Gasteiger partial charge in [-0.3, -0.25) is 9.59 Å². The molecule has 0 aliphatic carbocycles. The Hall–Kier alpha value is -0.293. The first-order chi connectivity index (χ1) is 6.41. The topological polar surface area (TPSA) is 43.4 Å². The van der Waals surface area contributed by atoms with Gasteiger partial charge in [0.25, 0.3) is 0 Å². The van der Waals surface area contributed by atoms with Gasteiger partial charge in [-0.1, -0.05) is 19.6 Å². The molecule has 3 nitrogen and oxygen atoms in total. The minimum absolute atomic E-state index is 0.140. The Labute approximate surface area is 88.6 Å². The van der Waals surface area contributed by atoms with Gasteiger partial charge in [0, 0.05) is 10.6 Å². The Morgan fingerprint density at radius 3 is 2.50 bits per heavy atom. The van der Waals surface area contributed by atoms with Gasteiger partial charge in [0.2, 0.25) is 0 Å². The fourth-order valence-electron chi connectivity index (χ4n) is 2.16. The number of esters is 2. The Morgan fingerprint density at radius 1 is 1.29 bits per heavy atom. The second kappa shape index (κ2) is 3.10. The van der Waals surface area contributed by atoms with E-state index in [1.807, 2.05) is 0 Å². The van der Waals surface area contributed by atoms with Crippen LogP contribution in [0.3, 0.4) is 0 Å². The summed E-state index contributed by atoms with van der Waals surface area (Å²) in [4.78, 5) is 23.1. The summed E-state index contributed by atoms with van der Waals surface area (Å²) in [6.07, 6.45) is 0. The maximum Gasteiger partial charge on any atom is 0.318 e. The largest absolute Gasteiger partial charge is 0.393 e. The van der Waals surface area contributed by atoms with Crippen LogP contribution in [0.2, 0.25) is 19.6 Å². The third kappa shape index (κ3) is 1.42. The molecule has 0 aromatic heterocycles. The van der Waals surface area contributed by atoms with Crippen LogP contribution in [-0.2, 0) is 14.3 Å². The molecular weight excluding hydrogens is 216 g/mol. The number of rotatable bonds is 1. The van der Waals surface area contributed by atoms with Gasteiger partial charge in [0.05, 0.1) is 19.9 Å². The minimum atomic E-state index is -1.37.